The van der Waals surface area contributed by atoms with E-state index >= 15 is 0 Å². The van der Waals surface area contributed by atoms with Crippen molar-refractivity contribution in [3.05, 3.63) is 54.7 Å². The van der Waals surface area contributed by atoms with E-state index in [-0.39, 0.29) is 0 Å². The number of para-hydroxylation sites is 1. The molecule has 2 N–H and O–H groups in total. The molecule has 0 spiro atoms. The summed E-state index contributed by atoms with van der Waals surface area (Å²) in [6, 6.07) is 15.7. The molecule has 1 unspecified atom stereocenters. The number of thiazole rings is 1. The molecule has 6 heteroatoms. The molecular weight excluding hydrogens is 406 g/mol. The van der Waals surface area contributed by atoms with Crippen molar-refractivity contribution in [2.75, 3.05) is 5.32 Å². The van der Waals surface area contributed by atoms with Gasteiger partial charge in [-0.1, -0.05) is 55.6 Å². The van der Waals surface area contributed by atoms with Crippen LogP contribution in [0.15, 0.2) is 54.7 Å². The number of pyridine rings is 1. The van der Waals surface area contributed by atoms with Crippen LogP contribution in [-0.4, -0.2) is 20.8 Å². The highest BCUT2D eigenvalue weighted by molar-refractivity contribution is 7.22. The van der Waals surface area contributed by atoms with E-state index in [4.69, 9.17) is 4.74 Å². The predicted octanol–water partition coefficient (Wildman–Crippen LogP) is 6.73. The second-order valence-electron chi connectivity index (χ2n) is 8.68. The van der Waals surface area contributed by atoms with Gasteiger partial charge in [-0.2, -0.15) is 0 Å². The van der Waals surface area contributed by atoms with Gasteiger partial charge in [-0.05, 0) is 49.6 Å². The molecule has 2 heterocycles. The average Bonchev–Trinajstić information content (AvgIpc) is 3.15. The van der Waals surface area contributed by atoms with E-state index in [0.29, 0.717) is 5.92 Å². The molecule has 5 rings (SSSR count). The monoisotopic (exact) mass is 433 g/mol. The number of ether oxygens (including phenoxy) is 1. The van der Waals surface area contributed by atoms with Crippen LogP contribution in [0.5, 0.6) is 11.5 Å². The summed E-state index contributed by atoms with van der Waals surface area (Å²) in [7, 11) is 0. The van der Waals surface area contributed by atoms with E-state index < -0.39 is 5.72 Å². The quantitative estimate of drug-likeness (QED) is 0.330. The van der Waals surface area contributed by atoms with Crippen molar-refractivity contribution in [3.8, 4) is 11.5 Å². The third-order valence-corrected chi connectivity index (χ3v) is 6.92. The van der Waals surface area contributed by atoms with E-state index in [0.717, 1.165) is 44.2 Å². The van der Waals surface area contributed by atoms with Gasteiger partial charge in [0.05, 0.1) is 15.7 Å². The molecule has 160 valence electrons. The molecule has 2 aromatic heterocycles. The Morgan fingerprint density at radius 2 is 1.94 bits per heavy atom. The van der Waals surface area contributed by atoms with Gasteiger partial charge in [-0.3, -0.25) is 4.98 Å². The van der Waals surface area contributed by atoms with E-state index in [1.54, 1.807) is 6.20 Å². The molecule has 0 amide bonds. The van der Waals surface area contributed by atoms with Gasteiger partial charge in [0.15, 0.2) is 5.13 Å². The molecule has 0 saturated heterocycles. The summed E-state index contributed by atoms with van der Waals surface area (Å²) in [5, 5.41) is 15.9. The summed E-state index contributed by atoms with van der Waals surface area (Å²) in [5.41, 5.74) is 0.851. The number of nitrogens with zero attached hydrogens (tertiary/aromatic N) is 2. The fourth-order valence-corrected chi connectivity index (χ4v) is 5.56. The molecule has 1 aliphatic rings. The van der Waals surface area contributed by atoms with Crippen molar-refractivity contribution >= 4 is 37.6 Å². The van der Waals surface area contributed by atoms with E-state index in [1.165, 1.54) is 43.4 Å². The van der Waals surface area contributed by atoms with Crippen LogP contribution < -0.4 is 10.1 Å². The molecule has 0 bridgehead atoms. The first-order valence-corrected chi connectivity index (χ1v) is 11.8. The number of hydrogen-bond donors (Lipinski definition) is 2. The number of nitrogens with one attached hydrogen (secondary N) is 1. The minimum absolute atomic E-state index is 0.584. The Bertz CT molecular complexity index is 1190. The summed E-state index contributed by atoms with van der Waals surface area (Å²) in [6.45, 7) is 1.86. The van der Waals surface area contributed by atoms with Crippen molar-refractivity contribution in [2.45, 2.75) is 51.2 Å². The first-order valence-electron chi connectivity index (χ1n) is 11.0. The van der Waals surface area contributed by atoms with Crippen molar-refractivity contribution < 1.29 is 9.84 Å². The van der Waals surface area contributed by atoms with E-state index in [2.05, 4.69) is 15.3 Å². The molecule has 2 aromatic carbocycles. The number of anilines is 1. The summed E-state index contributed by atoms with van der Waals surface area (Å²) < 4.78 is 7.20. The SMILES string of the molecule is CC(O)(CC1CCCCC1)Nc1nc2ccc(Oc3ccnc4ccccc34)cc2s1. The highest BCUT2D eigenvalue weighted by Crippen LogP contribution is 2.36. The zero-order valence-corrected chi connectivity index (χ0v) is 18.5. The molecule has 1 aliphatic carbocycles. The summed E-state index contributed by atoms with van der Waals surface area (Å²) in [6.07, 6.45) is 8.81. The Balaban J connectivity index is 1.34. The van der Waals surface area contributed by atoms with Gasteiger partial charge >= 0.3 is 0 Å². The lowest BCUT2D eigenvalue weighted by Crippen LogP contribution is -2.37. The zero-order valence-electron chi connectivity index (χ0n) is 17.7. The molecule has 4 aromatic rings. The standard InChI is InChI=1S/C25H27N3O2S/c1-25(29,16-17-7-3-2-4-8-17)28-24-27-21-12-11-18(15-23(21)31-24)30-22-13-14-26-20-10-6-5-9-19(20)22/h5-6,9-15,17,29H,2-4,7-8,16H2,1H3,(H,27,28). The van der Waals surface area contributed by atoms with Gasteiger partial charge in [0.1, 0.15) is 17.2 Å². The van der Waals surface area contributed by atoms with Crippen molar-refractivity contribution in [1.29, 1.82) is 0 Å². The molecule has 1 atom stereocenters. The number of fused-ring (bicyclic) bond motifs is 2. The Labute approximate surface area is 186 Å². The van der Waals surface area contributed by atoms with Gasteiger partial charge in [0, 0.05) is 17.6 Å². The first kappa shape index (κ1) is 20.2. The molecule has 0 radical (unpaired) electrons. The molecule has 5 nitrogen and oxygen atoms in total. The van der Waals surface area contributed by atoms with Gasteiger partial charge in [0.25, 0.3) is 0 Å². The van der Waals surface area contributed by atoms with E-state index in [9.17, 15) is 5.11 Å². The molecule has 1 saturated carbocycles. The maximum atomic E-state index is 10.9. The molecule has 31 heavy (non-hydrogen) atoms. The van der Waals surface area contributed by atoms with Crippen LogP contribution >= 0.6 is 11.3 Å². The maximum Gasteiger partial charge on any atom is 0.186 e. The first-order chi connectivity index (χ1) is 15.1. The summed E-state index contributed by atoms with van der Waals surface area (Å²) in [5.74, 6) is 2.12. The smallest absolute Gasteiger partial charge is 0.186 e. The third-order valence-electron chi connectivity index (χ3n) is 5.98. The highest BCUT2D eigenvalue weighted by Gasteiger charge is 2.27. The molecule has 0 aliphatic heterocycles. The van der Waals surface area contributed by atoms with Crippen molar-refractivity contribution in [2.24, 2.45) is 5.92 Å². The minimum Gasteiger partial charge on any atom is -0.457 e. The molecular formula is C25H27N3O2S. The second kappa shape index (κ2) is 8.44. The van der Waals surface area contributed by atoms with Crippen LogP contribution in [0.1, 0.15) is 45.4 Å². The Morgan fingerprint density at radius 3 is 2.81 bits per heavy atom. The zero-order chi connectivity index (χ0) is 21.3. The summed E-state index contributed by atoms with van der Waals surface area (Å²) in [4.78, 5) is 9.06. The largest absolute Gasteiger partial charge is 0.457 e. The normalized spacial score (nSPS) is 17.0. The lowest BCUT2D eigenvalue weighted by Gasteiger charge is -2.31. The van der Waals surface area contributed by atoms with Crippen LogP contribution in [0, 0.1) is 5.92 Å². The van der Waals surface area contributed by atoms with Crippen LogP contribution in [-0.2, 0) is 0 Å². The van der Waals surface area contributed by atoms with Gasteiger partial charge < -0.3 is 15.2 Å². The lowest BCUT2D eigenvalue weighted by atomic mass is 9.84. The van der Waals surface area contributed by atoms with Crippen molar-refractivity contribution in [3.63, 3.8) is 0 Å². The topological polar surface area (TPSA) is 67.3 Å². The summed E-state index contributed by atoms with van der Waals surface area (Å²) >= 11 is 1.54. The van der Waals surface area contributed by atoms with Gasteiger partial charge in [0.2, 0.25) is 0 Å². The third kappa shape index (κ3) is 4.65. The fourth-order valence-electron chi connectivity index (χ4n) is 4.54. The maximum absolute atomic E-state index is 10.9. The van der Waals surface area contributed by atoms with E-state index in [1.807, 2.05) is 55.5 Å². The van der Waals surface area contributed by atoms with Crippen LogP contribution in [0.3, 0.4) is 0 Å². The lowest BCUT2D eigenvalue weighted by molar-refractivity contribution is 0.0546. The highest BCUT2D eigenvalue weighted by atomic mass is 32.1. The number of hydrogen-bond acceptors (Lipinski definition) is 6. The fraction of sp³-hybridized carbons (Fsp3) is 0.360. The number of aliphatic hydroxyl groups is 1. The van der Waals surface area contributed by atoms with Gasteiger partial charge in [-0.15, -0.1) is 0 Å². The number of rotatable bonds is 6. The van der Waals surface area contributed by atoms with Crippen LogP contribution in [0.25, 0.3) is 21.1 Å². The van der Waals surface area contributed by atoms with Crippen LogP contribution in [0.2, 0.25) is 0 Å². The Kier molecular flexibility index (Phi) is 5.50. The van der Waals surface area contributed by atoms with Crippen molar-refractivity contribution in [1.82, 2.24) is 9.97 Å². The average molecular weight is 434 g/mol. The second-order valence-corrected chi connectivity index (χ2v) is 9.71. The number of benzene rings is 2. The minimum atomic E-state index is -0.953. The Hall–Kier alpha value is -2.70. The van der Waals surface area contributed by atoms with Crippen LogP contribution in [0.4, 0.5) is 5.13 Å². The molecule has 1 fully saturated rings. The number of aromatic nitrogens is 2. The Morgan fingerprint density at radius 1 is 1.10 bits per heavy atom. The van der Waals surface area contributed by atoms with Gasteiger partial charge in [-0.25, -0.2) is 4.98 Å². The predicted molar refractivity (Wildman–Crippen MR) is 127 cm³/mol.